The van der Waals surface area contributed by atoms with E-state index in [1.54, 1.807) is 7.11 Å². The number of H-pyrrole nitrogens is 1. The van der Waals surface area contributed by atoms with E-state index in [1.807, 2.05) is 41.3 Å². The monoisotopic (exact) mass is 351 g/mol. The van der Waals surface area contributed by atoms with Crippen molar-refractivity contribution in [2.24, 2.45) is 5.73 Å². The fourth-order valence-electron chi connectivity index (χ4n) is 3.53. The molecule has 0 aliphatic carbocycles. The van der Waals surface area contributed by atoms with Crippen LogP contribution in [0.4, 0.5) is 5.82 Å². The molecule has 2 aromatic heterocycles. The zero-order valence-corrected chi connectivity index (χ0v) is 14.6. The summed E-state index contributed by atoms with van der Waals surface area (Å²) < 4.78 is 5.23. The van der Waals surface area contributed by atoms with E-state index in [0.29, 0.717) is 12.4 Å². The van der Waals surface area contributed by atoms with Gasteiger partial charge in [0.05, 0.1) is 12.0 Å². The van der Waals surface area contributed by atoms with Crippen molar-refractivity contribution in [3.8, 4) is 11.4 Å². The fraction of sp³-hybridized carbons (Fsp3) is 0.316. The van der Waals surface area contributed by atoms with Crippen molar-refractivity contribution in [3.63, 3.8) is 0 Å². The summed E-state index contributed by atoms with van der Waals surface area (Å²) in [5.74, 6) is 1.05. The van der Waals surface area contributed by atoms with Gasteiger partial charge >= 0.3 is 0 Å². The number of hydrogen-bond acceptors (Lipinski definition) is 5. The third-order valence-corrected chi connectivity index (χ3v) is 4.71. The van der Waals surface area contributed by atoms with Gasteiger partial charge in [0, 0.05) is 24.9 Å². The number of carbonyl (C=O) groups excluding carboxylic acids is 1. The Morgan fingerprint density at radius 1 is 1.35 bits per heavy atom. The van der Waals surface area contributed by atoms with Crippen LogP contribution in [-0.2, 0) is 16.1 Å². The first-order valence-corrected chi connectivity index (χ1v) is 8.67. The predicted molar refractivity (Wildman–Crippen MR) is 99.6 cm³/mol. The van der Waals surface area contributed by atoms with Gasteiger partial charge in [-0.15, -0.1) is 0 Å². The first kappa shape index (κ1) is 16.5. The van der Waals surface area contributed by atoms with Gasteiger partial charge in [0.25, 0.3) is 0 Å². The topological polar surface area (TPSA) is 97.1 Å². The van der Waals surface area contributed by atoms with Gasteiger partial charge in [-0.3, -0.25) is 4.79 Å². The third kappa shape index (κ3) is 2.90. The summed E-state index contributed by atoms with van der Waals surface area (Å²) in [5.41, 5.74) is 8.19. The average Bonchev–Trinajstić information content (AvgIpc) is 3.28. The molecule has 1 aromatic carbocycles. The number of fused-ring (bicyclic) bond motifs is 1. The van der Waals surface area contributed by atoms with Crippen LogP contribution in [0.15, 0.2) is 36.4 Å². The maximum Gasteiger partial charge on any atom is 0.240 e. The number of nitrogens with zero attached hydrogens (tertiary/aromatic N) is 3. The summed E-state index contributed by atoms with van der Waals surface area (Å²) in [6.45, 7) is 1.20. The molecule has 3 heterocycles. The molecule has 7 nitrogen and oxygen atoms in total. The van der Waals surface area contributed by atoms with Crippen LogP contribution in [-0.4, -0.2) is 40.6 Å². The normalized spacial score (nSPS) is 17.1. The molecule has 134 valence electrons. The number of benzene rings is 1. The van der Waals surface area contributed by atoms with Crippen molar-refractivity contribution in [3.05, 3.63) is 42.1 Å². The minimum atomic E-state index is -0.336. The Morgan fingerprint density at radius 2 is 2.15 bits per heavy atom. The van der Waals surface area contributed by atoms with Crippen molar-refractivity contribution < 1.29 is 9.53 Å². The fourth-order valence-corrected chi connectivity index (χ4v) is 3.53. The molecule has 4 rings (SSSR count). The number of nitrogens with two attached hydrogens (primary N) is 1. The highest BCUT2D eigenvalue weighted by atomic mass is 16.5. The Kier molecular flexibility index (Phi) is 4.30. The maximum atomic E-state index is 11.9. The molecule has 0 bridgehead atoms. The first-order valence-electron chi connectivity index (χ1n) is 8.67. The number of methoxy groups -OCH3 is 1. The van der Waals surface area contributed by atoms with Crippen molar-refractivity contribution in [1.29, 1.82) is 0 Å². The Morgan fingerprint density at radius 3 is 2.88 bits per heavy atom. The van der Waals surface area contributed by atoms with E-state index in [-0.39, 0.29) is 11.9 Å². The van der Waals surface area contributed by atoms with Crippen LogP contribution in [0.1, 0.15) is 18.5 Å². The van der Waals surface area contributed by atoms with E-state index in [9.17, 15) is 4.79 Å². The number of aromatic nitrogens is 3. The van der Waals surface area contributed by atoms with Crippen LogP contribution in [0.25, 0.3) is 22.4 Å². The van der Waals surface area contributed by atoms with E-state index in [2.05, 4.69) is 9.97 Å². The van der Waals surface area contributed by atoms with Crippen LogP contribution in [0.2, 0.25) is 0 Å². The molecule has 0 saturated carbocycles. The maximum absolute atomic E-state index is 11.9. The highest BCUT2D eigenvalue weighted by Crippen LogP contribution is 2.32. The second-order valence-corrected chi connectivity index (χ2v) is 6.48. The number of rotatable bonds is 5. The molecule has 0 spiro atoms. The molecule has 1 atom stereocenters. The largest absolute Gasteiger partial charge is 0.378 e. The SMILES string of the molecule is COCc1cc2c(N3CCC[C@H]3C(N)=O)nc(-c3ccccc3)nc2[nH]1. The Bertz CT molecular complexity index is 938. The number of aromatic amines is 1. The summed E-state index contributed by atoms with van der Waals surface area (Å²) in [6.07, 6.45) is 1.66. The number of nitrogens with one attached hydrogen (secondary N) is 1. The molecule has 1 amide bonds. The molecule has 3 aromatic rings. The number of carbonyl (C=O) groups is 1. The van der Waals surface area contributed by atoms with E-state index in [1.165, 1.54) is 0 Å². The van der Waals surface area contributed by atoms with Crippen molar-refractivity contribution in [1.82, 2.24) is 15.0 Å². The number of anilines is 1. The highest BCUT2D eigenvalue weighted by Gasteiger charge is 2.32. The highest BCUT2D eigenvalue weighted by molar-refractivity contribution is 5.93. The van der Waals surface area contributed by atoms with Gasteiger partial charge in [0.1, 0.15) is 17.5 Å². The van der Waals surface area contributed by atoms with Gasteiger partial charge in [-0.1, -0.05) is 30.3 Å². The smallest absolute Gasteiger partial charge is 0.240 e. The van der Waals surface area contributed by atoms with Crippen LogP contribution < -0.4 is 10.6 Å². The van der Waals surface area contributed by atoms with Gasteiger partial charge in [0.2, 0.25) is 5.91 Å². The lowest BCUT2D eigenvalue weighted by molar-refractivity contribution is -0.119. The molecule has 7 heteroatoms. The summed E-state index contributed by atoms with van der Waals surface area (Å²) in [4.78, 5) is 26.7. The quantitative estimate of drug-likeness (QED) is 0.735. The summed E-state index contributed by atoms with van der Waals surface area (Å²) in [6, 6.07) is 11.5. The van der Waals surface area contributed by atoms with Crippen LogP contribution in [0, 0.1) is 0 Å². The van der Waals surface area contributed by atoms with Crippen molar-refractivity contribution in [2.75, 3.05) is 18.6 Å². The number of amides is 1. The second-order valence-electron chi connectivity index (χ2n) is 6.48. The minimum absolute atomic E-state index is 0.317. The molecule has 0 radical (unpaired) electrons. The number of hydrogen-bond donors (Lipinski definition) is 2. The van der Waals surface area contributed by atoms with Gasteiger partial charge < -0.3 is 20.4 Å². The zero-order valence-electron chi connectivity index (χ0n) is 14.6. The number of primary amides is 1. The predicted octanol–water partition coefficient (Wildman–Crippen LogP) is 2.23. The lowest BCUT2D eigenvalue weighted by atomic mass is 10.2. The van der Waals surface area contributed by atoms with Gasteiger partial charge in [-0.2, -0.15) is 0 Å². The lowest BCUT2D eigenvalue weighted by Crippen LogP contribution is -2.40. The van der Waals surface area contributed by atoms with Gasteiger partial charge in [0.15, 0.2) is 5.82 Å². The molecule has 3 N–H and O–H groups in total. The Hall–Kier alpha value is -2.93. The average molecular weight is 351 g/mol. The van der Waals surface area contributed by atoms with E-state index in [0.717, 1.165) is 47.5 Å². The molecule has 1 fully saturated rings. The summed E-state index contributed by atoms with van der Waals surface area (Å²) in [7, 11) is 1.65. The first-order chi connectivity index (χ1) is 12.7. The third-order valence-electron chi connectivity index (χ3n) is 4.71. The van der Waals surface area contributed by atoms with Gasteiger partial charge in [-0.25, -0.2) is 9.97 Å². The van der Waals surface area contributed by atoms with Crippen LogP contribution >= 0.6 is 0 Å². The minimum Gasteiger partial charge on any atom is -0.378 e. The molecular formula is C19H21N5O2. The molecule has 1 aliphatic rings. The van der Waals surface area contributed by atoms with E-state index < -0.39 is 0 Å². The number of ether oxygens (including phenoxy) is 1. The van der Waals surface area contributed by atoms with Crippen molar-refractivity contribution in [2.45, 2.75) is 25.5 Å². The zero-order chi connectivity index (χ0) is 18.1. The Balaban J connectivity index is 1.89. The molecule has 0 unspecified atom stereocenters. The van der Waals surface area contributed by atoms with Gasteiger partial charge in [-0.05, 0) is 18.9 Å². The molecular weight excluding hydrogens is 330 g/mol. The standard InChI is InChI=1S/C19H21N5O2/c1-26-11-13-10-14-18(21-13)22-17(12-6-3-2-4-7-12)23-19(14)24-9-5-8-15(24)16(20)25/h2-4,6-7,10,15H,5,8-9,11H2,1H3,(H2,20,25)(H,21,22,23)/t15-/m0/s1. The van der Waals surface area contributed by atoms with E-state index >= 15 is 0 Å². The van der Waals surface area contributed by atoms with Crippen molar-refractivity contribution >= 4 is 22.8 Å². The van der Waals surface area contributed by atoms with E-state index in [4.69, 9.17) is 15.5 Å². The second kappa shape index (κ2) is 6.76. The summed E-state index contributed by atoms with van der Waals surface area (Å²) in [5, 5.41) is 0.880. The van der Waals surface area contributed by atoms with Crippen LogP contribution in [0.3, 0.4) is 0 Å². The molecule has 1 saturated heterocycles. The lowest BCUT2D eigenvalue weighted by Gasteiger charge is -2.24. The molecule has 1 aliphatic heterocycles. The summed E-state index contributed by atoms with van der Waals surface area (Å²) >= 11 is 0. The molecule has 26 heavy (non-hydrogen) atoms. The Labute approximate surface area is 151 Å². The van der Waals surface area contributed by atoms with Crippen LogP contribution in [0.5, 0.6) is 0 Å².